The average molecular weight is 475 g/mol. The van der Waals surface area contributed by atoms with Crippen LogP contribution < -0.4 is 0 Å². The standard InChI is InChI=1S/C25H30O5S2/c1-30-24(29)16-31-11-4-12-32-25-21(22(27)15-23(25)28)10-9-20(26)14-17-7-8-18-5-2-3-6-19(18)13-17/h2-3,5-10,13,20-22,25-27H,4,11-12,14-16H2,1H3/t20?,21-,22+,25?/m0/s1. The Bertz CT molecular complexity index is 945. The summed E-state index contributed by atoms with van der Waals surface area (Å²) in [7, 11) is 1.38. The Labute approximate surface area is 197 Å². The number of carbonyl (C=O) groups excluding carboxylic acids is 2. The molecule has 1 saturated carbocycles. The summed E-state index contributed by atoms with van der Waals surface area (Å²) in [6, 6.07) is 14.3. The quantitative estimate of drug-likeness (QED) is 0.292. The van der Waals surface area contributed by atoms with Crippen molar-refractivity contribution < 1.29 is 24.5 Å². The lowest BCUT2D eigenvalue weighted by molar-refractivity contribution is -0.137. The molecule has 172 valence electrons. The molecule has 0 radical (unpaired) electrons. The highest BCUT2D eigenvalue weighted by Gasteiger charge is 2.40. The van der Waals surface area contributed by atoms with Crippen molar-refractivity contribution in [2.45, 2.75) is 36.7 Å². The highest BCUT2D eigenvalue weighted by atomic mass is 32.2. The van der Waals surface area contributed by atoms with Gasteiger partial charge >= 0.3 is 5.97 Å². The normalized spacial score (nSPS) is 22.0. The van der Waals surface area contributed by atoms with Gasteiger partial charge in [0.1, 0.15) is 5.78 Å². The number of aliphatic hydroxyl groups is 2. The van der Waals surface area contributed by atoms with Gasteiger partial charge in [-0.1, -0.05) is 54.6 Å². The molecule has 7 heteroatoms. The SMILES string of the molecule is COC(=O)CSCCCSC1C(=O)C[C@@H](O)[C@@H]1C=CC(O)Cc1ccc2ccccc2c1. The Morgan fingerprint density at radius 2 is 2.00 bits per heavy atom. The molecule has 0 bridgehead atoms. The molecule has 0 heterocycles. The third-order valence-electron chi connectivity index (χ3n) is 5.51. The monoisotopic (exact) mass is 474 g/mol. The number of thioether (sulfide) groups is 2. The van der Waals surface area contributed by atoms with Crippen molar-refractivity contribution in [1.82, 2.24) is 0 Å². The van der Waals surface area contributed by atoms with E-state index in [4.69, 9.17) is 0 Å². The molecule has 1 aliphatic carbocycles. The van der Waals surface area contributed by atoms with Gasteiger partial charge in [-0.2, -0.15) is 11.8 Å². The molecule has 0 spiro atoms. The molecule has 1 fully saturated rings. The number of fused-ring (bicyclic) bond motifs is 1. The summed E-state index contributed by atoms with van der Waals surface area (Å²) in [5.74, 6) is 1.47. The second-order valence-corrected chi connectivity index (χ2v) is 10.3. The zero-order valence-electron chi connectivity index (χ0n) is 18.2. The van der Waals surface area contributed by atoms with E-state index in [0.29, 0.717) is 12.2 Å². The van der Waals surface area contributed by atoms with Gasteiger partial charge in [0.05, 0.1) is 30.3 Å². The van der Waals surface area contributed by atoms with Crippen LogP contribution in [-0.4, -0.2) is 63.8 Å². The van der Waals surface area contributed by atoms with Crippen molar-refractivity contribution in [3.05, 3.63) is 60.2 Å². The van der Waals surface area contributed by atoms with Crippen molar-refractivity contribution in [1.29, 1.82) is 0 Å². The Kier molecular flexibility index (Phi) is 9.66. The fourth-order valence-corrected chi connectivity index (χ4v) is 6.13. The number of benzene rings is 2. The summed E-state index contributed by atoms with van der Waals surface area (Å²) in [6.07, 6.45) is 3.63. The van der Waals surface area contributed by atoms with E-state index in [1.54, 1.807) is 17.8 Å². The van der Waals surface area contributed by atoms with Crippen LogP contribution in [0.3, 0.4) is 0 Å². The Morgan fingerprint density at radius 3 is 2.78 bits per heavy atom. The summed E-state index contributed by atoms with van der Waals surface area (Å²) in [5.41, 5.74) is 1.04. The molecule has 2 N–H and O–H groups in total. The largest absolute Gasteiger partial charge is 0.468 e. The van der Waals surface area contributed by atoms with Gasteiger partial charge in [-0.3, -0.25) is 9.59 Å². The number of hydrogen-bond donors (Lipinski definition) is 2. The number of carbonyl (C=O) groups is 2. The van der Waals surface area contributed by atoms with Crippen LogP contribution in [-0.2, 0) is 20.7 Å². The molecular formula is C25H30O5S2. The first-order valence-corrected chi connectivity index (χ1v) is 13.0. The van der Waals surface area contributed by atoms with E-state index >= 15 is 0 Å². The molecule has 0 saturated heterocycles. The van der Waals surface area contributed by atoms with E-state index < -0.39 is 12.2 Å². The fraction of sp³-hybridized carbons (Fsp3) is 0.440. The summed E-state index contributed by atoms with van der Waals surface area (Å²) in [4.78, 5) is 23.5. The van der Waals surface area contributed by atoms with Gasteiger partial charge in [0, 0.05) is 18.8 Å². The predicted molar refractivity (Wildman–Crippen MR) is 132 cm³/mol. The van der Waals surface area contributed by atoms with Gasteiger partial charge in [-0.15, -0.1) is 11.8 Å². The second-order valence-electron chi connectivity index (χ2n) is 7.93. The minimum atomic E-state index is -0.710. The maximum atomic E-state index is 12.4. The minimum Gasteiger partial charge on any atom is -0.468 e. The zero-order chi connectivity index (χ0) is 22.9. The number of ketones is 1. The number of rotatable bonds is 11. The van der Waals surface area contributed by atoms with Crippen molar-refractivity contribution in [2.75, 3.05) is 24.4 Å². The van der Waals surface area contributed by atoms with E-state index in [9.17, 15) is 19.8 Å². The first-order chi connectivity index (χ1) is 15.5. The van der Waals surface area contributed by atoms with Crippen molar-refractivity contribution in [3.63, 3.8) is 0 Å². The van der Waals surface area contributed by atoms with E-state index in [2.05, 4.69) is 29.0 Å². The van der Waals surface area contributed by atoms with Crippen LogP contribution in [0.4, 0.5) is 0 Å². The van der Waals surface area contributed by atoms with E-state index in [0.717, 1.165) is 34.3 Å². The molecule has 1 aliphatic rings. The zero-order valence-corrected chi connectivity index (χ0v) is 19.8. The van der Waals surface area contributed by atoms with Crippen LogP contribution in [0.1, 0.15) is 18.4 Å². The molecule has 3 rings (SSSR count). The van der Waals surface area contributed by atoms with Crippen LogP contribution in [0, 0.1) is 5.92 Å². The molecule has 2 aromatic carbocycles. The molecule has 2 aromatic rings. The number of methoxy groups -OCH3 is 1. The number of Topliss-reactive ketones (excluding diaryl/α,β-unsaturated/α-hetero) is 1. The summed E-state index contributed by atoms with van der Waals surface area (Å²) < 4.78 is 4.61. The number of esters is 1. The second kappa shape index (κ2) is 12.4. The van der Waals surface area contributed by atoms with Crippen LogP contribution in [0.5, 0.6) is 0 Å². The lowest BCUT2D eigenvalue weighted by Crippen LogP contribution is -2.22. The Hall–Kier alpha value is -1.80. The van der Waals surface area contributed by atoms with Gasteiger partial charge in [0.15, 0.2) is 0 Å². The Balaban J connectivity index is 1.50. The first kappa shape index (κ1) is 24.8. The molecule has 0 amide bonds. The van der Waals surface area contributed by atoms with E-state index in [1.807, 2.05) is 24.3 Å². The number of aliphatic hydroxyl groups excluding tert-OH is 2. The summed E-state index contributed by atoms with van der Waals surface area (Å²) >= 11 is 3.07. The number of ether oxygens (including phenoxy) is 1. The summed E-state index contributed by atoms with van der Waals surface area (Å²) in [5, 5.41) is 22.9. The van der Waals surface area contributed by atoms with E-state index in [-0.39, 0.29) is 29.3 Å². The predicted octanol–water partition coefficient (Wildman–Crippen LogP) is 3.65. The van der Waals surface area contributed by atoms with Gasteiger partial charge in [0.25, 0.3) is 0 Å². The molecule has 5 nitrogen and oxygen atoms in total. The minimum absolute atomic E-state index is 0.0587. The third kappa shape index (κ3) is 7.10. The highest BCUT2D eigenvalue weighted by Crippen LogP contribution is 2.34. The van der Waals surface area contributed by atoms with Crippen molar-refractivity contribution >= 4 is 46.0 Å². The van der Waals surface area contributed by atoms with E-state index in [1.165, 1.54) is 18.9 Å². The molecule has 4 atom stereocenters. The smallest absolute Gasteiger partial charge is 0.315 e. The van der Waals surface area contributed by atoms with Crippen LogP contribution in [0.15, 0.2) is 54.6 Å². The van der Waals surface area contributed by atoms with Gasteiger partial charge in [-0.25, -0.2) is 0 Å². The molecule has 0 aromatic heterocycles. The maximum absolute atomic E-state index is 12.4. The molecule has 32 heavy (non-hydrogen) atoms. The third-order valence-corrected chi connectivity index (χ3v) is 7.99. The van der Waals surface area contributed by atoms with Crippen LogP contribution in [0.25, 0.3) is 10.8 Å². The van der Waals surface area contributed by atoms with Crippen LogP contribution in [0.2, 0.25) is 0 Å². The maximum Gasteiger partial charge on any atom is 0.315 e. The van der Waals surface area contributed by atoms with Crippen LogP contribution >= 0.6 is 23.5 Å². The summed E-state index contributed by atoms with van der Waals surface area (Å²) in [6.45, 7) is 0. The highest BCUT2D eigenvalue weighted by molar-refractivity contribution is 8.01. The average Bonchev–Trinajstić information content (AvgIpc) is 3.06. The topological polar surface area (TPSA) is 83.8 Å². The van der Waals surface area contributed by atoms with Gasteiger partial charge in [-0.05, 0) is 34.3 Å². The molecule has 0 aliphatic heterocycles. The number of hydrogen-bond acceptors (Lipinski definition) is 7. The van der Waals surface area contributed by atoms with Gasteiger partial charge in [0.2, 0.25) is 0 Å². The molecular weight excluding hydrogens is 444 g/mol. The lowest BCUT2D eigenvalue weighted by Gasteiger charge is -2.17. The van der Waals surface area contributed by atoms with Crippen molar-refractivity contribution in [2.24, 2.45) is 5.92 Å². The fourth-order valence-electron chi connectivity index (χ4n) is 3.83. The Morgan fingerprint density at radius 1 is 1.22 bits per heavy atom. The molecule has 2 unspecified atom stereocenters. The van der Waals surface area contributed by atoms with Gasteiger partial charge < -0.3 is 14.9 Å². The first-order valence-electron chi connectivity index (χ1n) is 10.8. The van der Waals surface area contributed by atoms with Crippen molar-refractivity contribution in [3.8, 4) is 0 Å². The lowest BCUT2D eigenvalue weighted by atomic mass is 10.0.